The Bertz CT molecular complexity index is 716. The third kappa shape index (κ3) is 5.74. The summed E-state index contributed by atoms with van der Waals surface area (Å²) in [6, 6.07) is 9.07. The molecule has 6 nitrogen and oxygen atoms in total. The van der Waals surface area contributed by atoms with Gasteiger partial charge in [0.1, 0.15) is 17.5 Å². The SMILES string of the molecule is CCOC(=O)c1ccccc1Nc1cc(NCCC(C)C)nc(C)n1. The van der Waals surface area contributed by atoms with Crippen molar-refractivity contribution in [1.29, 1.82) is 0 Å². The number of anilines is 3. The van der Waals surface area contributed by atoms with Crippen LogP contribution in [0.25, 0.3) is 0 Å². The highest BCUT2D eigenvalue weighted by atomic mass is 16.5. The Morgan fingerprint density at radius 2 is 1.92 bits per heavy atom. The van der Waals surface area contributed by atoms with Gasteiger partial charge in [0.2, 0.25) is 0 Å². The first-order valence-corrected chi connectivity index (χ1v) is 8.62. The second-order valence-corrected chi connectivity index (χ2v) is 6.19. The van der Waals surface area contributed by atoms with E-state index in [4.69, 9.17) is 4.74 Å². The largest absolute Gasteiger partial charge is 0.462 e. The number of hydrogen-bond acceptors (Lipinski definition) is 6. The molecule has 134 valence electrons. The monoisotopic (exact) mass is 342 g/mol. The molecule has 2 rings (SSSR count). The Hall–Kier alpha value is -2.63. The van der Waals surface area contributed by atoms with Crippen molar-refractivity contribution in [2.24, 2.45) is 5.92 Å². The lowest BCUT2D eigenvalue weighted by Gasteiger charge is -2.13. The highest BCUT2D eigenvalue weighted by Crippen LogP contribution is 2.22. The van der Waals surface area contributed by atoms with Crippen LogP contribution < -0.4 is 10.6 Å². The molecule has 0 fully saturated rings. The summed E-state index contributed by atoms with van der Waals surface area (Å²) in [5.74, 6) is 2.34. The molecule has 0 aliphatic heterocycles. The summed E-state index contributed by atoms with van der Waals surface area (Å²) in [6.07, 6.45) is 1.07. The van der Waals surface area contributed by atoms with E-state index < -0.39 is 0 Å². The van der Waals surface area contributed by atoms with E-state index in [-0.39, 0.29) is 5.97 Å². The molecule has 0 unspecified atom stereocenters. The minimum Gasteiger partial charge on any atom is -0.462 e. The average Bonchev–Trinajstić information content (AvgIpc) is 2.54. The number of rotatable bonds is 8. The Morgan fingerprint density at radius 3 is 2.64 bits per heavy atom. The number of nitrogens with one attached hydrogen (secondary N) is 2. The normalized spacial score (nSPS) is 10.6. The summed E-state index contributed by atoms with van der Waals surface area (Å²) in [5.41, 5.74) is 1.14. The predicted octanol–water partition coefficient (Wildman–Crippen LogP) is 4.16. The van der Waals surface area contributed by atoms with E-state index in [0.29, 0.717) is 35.4 Å². The third-order valence-electron chi connectivity index (χ3n) is 3.55. The first-order chi connectivity index (χ1) is 12.0. The van der Waals surface area contributed by atoms with Crippen molar-refractivity contribution in [3.8, 4) is 0 Å². The number of ether oxygens (including phenoxy) is 1. The minimum absolute atomic E-state index is 0.337. The Kier molecular flexibility index (Phi) is 6.74. The molecule has 0 aliphatic carbocycles. The van der Waals surface area contributed by atoms with Crippen LogP contribution in [0.5, 0.6) is 0 Å². The number of aryl methyl sites for hydroxylation is 1. The molecule has 0 spiro atoms. The molecule has 0 bridgehead atoms. The van der Waals surface area contributed by atoms with Crippen molar-refractivity contribution in [1.82, 2.24) is 9.97 Å². The zero-order valence-corrected chi connectivity index (χ0v) is 15.3. The maximum absolute atomic E-state index is 12.1. The molecule has 0 saturated carbocycles. The second kappa shape index (κ2) is 9.01. The zero-order valence-electron chi connectivity index (χ0n) is 15.3. The molecule has 2 N–H and O–H groups in total. The number of nitrogens with zero attached hydrogens (tertiary/aromatic N) is 2. The van der Waals surface area contributed by atoms with E-state index in [9.17, 15) is 4.79 Å². The highest BCUT2D eigenvalue weighted by Gasteiger charge is 2.13. The van der Waals surface area contributed by atoms with Crippen LogP contribution in [-0.2, 0) is 4.74 Å². The van der Waals surface area contributed by atoms with Gasteiger partial charge in [0.15, 0.2) is 0 Å². The van der Waals surface area contributed by atoms with Crippen LogP contribution in [-0.4, -0.2) is 29.1 Å². The van der Waals surface area contributed by atoms with E-state index in [0.717, 1.165) is 18.8 Å². The van der Waals surface area contributed by atoms with Crippen LogP contribution in [0.15, 0.2) is 30.3 Å². The first kappa shape index (κ1) is 18.7. The predicted molar refractivity (Wildman–Crippen MR) is 100 cm³/mol. The van der Waals surface area contributed by atoms with Crippen LogP contribution in [0.3, 0.4) is 0 Å². The van der Waals surface area contributed by atoms with Gasteiger partial charge in [-0.3, -0.25) is 0 Å². The van der Waals surface area contributed by atoms with Crippen LogP contribution in [0, 0.1) is 12.8 Å². The number of hydrogen-bond donors (Lipinski definition) is 2. The van der Waals surface area contributed by atoms with Gasteiger partial charge in [-0.1, -0.05) is 26.0 Å². The number of aromatic nitrogens is 2. The van der Waals surface area contributed by atoms with E-state index in [2.05, 4.69) is 34.4 Å². The molecule has 1 heterocycles. The van der Waals surface area contributed by atoms with Gasteiger partial charge in [0.25, 0.3) is 0 Å². The van der Waals surface area contributed by atoms with Gasteiger partial charge in [0.05, 0.1) is 17.9 Å². The van der Waals surface area contributed by atoms with Crippen molar-refractivity contribution in [2.75, 3.05) is 23.8 Å². The smallest absolute Gasteiger partial charge is 0.340 e. The topological polar surface area (TPSA) is 76.1 Å². The summed E-state index contributed by atoms with van der Waals surface area (Å²) >= 11 is 0. The Balaban J connectivity index is 2.17. The van der Waals surface area contributed by atoms with E-state index in [1.54, 1.807) is 13.0 Å². The minimum atomic E-state index is -0.355. The summed E-state index contributed by atoms with van der Waals surface area (Å²) in [7, 11) is 0. The molecular weight excluding hydrogens is 316 g/mol. The summed E-state index contributed by atoms with van der Waals surface area (Å²) < 4.78 is 5.11. The summed E-state index contributed by atoms with van der Waals surface area (Å²) in [5, 5.41) is 6.52. The fourth-order valence-corrected chi connectivity index (χ4v) is 2.33. The van der Waals surface area contributed by atoms with Gasteiger partial charge < -0.3 is 15.4 Å². The Morgan fingerprint density at radius 1 is 1.20 bits per heavy atom. The van der Waals surface area contributed by atoms with E-state index in [1.165, 1.54) is 0 Å². The van der Waals surface area contributed by atoms with E-state index >= 15 is 0 Å². The van der Waals surface area contributed by atoms with Gasteiger partial charge in [-0.15, -0.1) is 0 Å². The molecule has 2 aromatic rings. The van der Waals surface area contributed by atoms with Crippen LogP contribution in [0.2, 0.25) is 0 Å². The van der Waals surface area contributed by atoms with Gasteiger partial charge in [-0.05, 0) is 38.3 Å². The fraction of sp³-hybridized carbons (Fsp3) is 0.421. The molecular formula is C19H26N4O2. The fourth-order valence-electron chi connectivity index (χ4n) is 2.33. The lowest BCUT2D eigenvalue weighted by atomic mass is 10.1. The van der Waals surface area contributed by atoms with Gasteiger partial charge in [-0.25, -0.2) is 14.8 Å². The zero-order chi connectivity index (χ0) is 18.2. The number of carbonyl (C=O) groups excluding carboxylic acids is 1. The van der Waals surface area contributed by atoms with Gasteiger partial charge in [0, 0.05) is 12.6 Å². The van der Waals surface area contributed by atoms with Crippen molar-refractivity contribution in [2.45, 2.75) is 34.1 Å². The van der Waals surface area contributed by atoms with Crippen molar-refractivity contribution in [3.05, 3.63) is 41.7 Å². The number of carbonyl (C=O) groups is 1. The van der Waals surface area contributed by atoms with Crippen molar-refractivity contribution < 1.29 is 9.53 Å². The summed E-state index contributed by atoms with van der Waals surface area (Å²) in [4.78, 5) is 20.9. The van der Waals surface area contributed by atoms with Gasteiger partial charge in [-0.2, -0.15) is 0 Å². The summed E-state index contributed by atoms with van der Waals surface area (Å²) in [6.45, 7) is 9.20. The van der Waals surface area contributed by atoms with Crippen LogP contribution in [0.1, 0.15) is 43.4 Å². The first-order valence-electron chi connectivity index (χ1n) is 8.62. The van der Waals surface area contributed by atoms with Crippen molar-refractivity contribution >= 4 is 23.3 Å². The standard InChI is InChI=1S/C19H26N4O2/c1-5-25-19(24)15-8-6-7-9-16(15)23-18-12-17(21-14(4)22-18)20-11-10-13(2)3/h6-9,12-13H,5,10-11H2,1-4H3,(H2,20,21,22,23). The van der Waals surface area contributed by atoms with Crippen LogP contribution in [0.4, 0.5) is 17.3 Å². The van der Waals surface area contributed by atoms with Gasteiger partial charge >= 0.3 is 5.97 Å². The van der Waals surface area contributed by atoms with E-state index in [1.807, 2.05) is 31.2 Å². The maximum atomic E-state index is 12.1. The highest BCUT2D eigenvalue weighted by molar-refractivity contribution is 5.96. The number of para-hydroxylation sites is 1. The number of benzene rings is 1. The molecule has 0 saturated heterocycles. The number of esters is 1. The maximum Gasteiger partial charge on any atom is 0.340 e. The molecule has 0 atom stereocenters. The molecule has 0 amide bonds. The quantitative estimate of drug-likeness (QED) is 0.702. The molecule has 1 aromatic carbocycles. The third-order valence-corrected chi connectivity index (χ3v) is 3.55. The average molecular weight is 342 g/mol. The lowest BCUT2D eigenvalue weighted by molar-refractivity contribution is 0.0527. The molecule has 0 radical (unpaired) electrons. The second-order valence-electron chi connectivity index (χ2n) is 6.19. The molecule has 1 aromatic heterocycles. The van der Waals surface area contributed by atoms with Crippen molar-refractivity contribution in [3.63, 3.8) is 0 Å². The van der Waals surface area contributed by atoms with Crippen LogP contribution >= 0.6 is 0 Å². The lowest BCUT2D eigenvalue weighted by Crippen LogP contribution is -2.10. The molecule has 0 aliphatic rings. The Labute approximate surface area is 149 Å². The molecule has 6 heteroatoms. The molecule has 25 heavy (non-hydrogen) atoms.